The lowest BCUT2D eigenvalue weighted by atomic mass is 10.3. The smallest absolute Gasteiger partial charge is 0.433 e. The number of esters is 1. The number of rotatable bonds is 5. The molecule has 21 heavy (non-hydrogen) atoms. The Hall–Kier alpha value is -2.71. The van der Waals surface area contributed by atoms with Gasteiger partial charge in [0.25, 0.3) is 5.89 Å². The van der Waals surface area contributed by atoms with E-state index in [1.54, 1.807) is 6.92 Å². The summed E-state index contributed by atoms with van der Waals surface area (Å²) in [6, 6.07) is 2.26. The van der Waals surface area contributed by atoms with Gasteiger partial charge in [0, 0.05) is 5.92 Å². The number of nitrogens with zero attached hydrogens (tertiary/aromatic N) is 3. The van der Waals surface area contributed by atoms with Crippen molar-refractivity contribution < 1.29 is 23.4 Å². The third-order valence-corrected chi connectivity index (χ3v) is 3.00. The second-order valence-corrected chi connectivity index (χ2v) is 4.71. The number of carbonyl (C=O) groups excluding carboxylic acids is 1. The van der Waals surface area contributed by atoms with Gasteiger partial charge in [-0.3, -0.25) is 10.1 Å². The fraction of sp³-hybridized carbons (Fsp3) is 0.417. The summed E-state index contributed by atoms with van der Waals surface area (Å²) in [6.07, 6.45) is 1.30. The maximum Gasteiger partial charge on any atom is 0.433 e. The fourth-order valence-electron chi connectivity index (χ4n) is 1.72. The van der Waals surface area contributed by atoms with Crippen LogP contribution < -0.4 is 0 Å². The monoisotopic (exact) mass is 293 g/mol. The normalized spacial score (nSPS) is 15.7. The Labute approximate surface area is 118 Å². The number of hydrogen-bond donors (Lipinski definition) is 0. The van der Waals surface area contributed by atoms with Gasteiger partial charge in [-0.2, -0.15) is 4.98 Å². The van der Waals surface area contributed by atoms with Gasteiger partial charge < -0.3 is 13.7 Å². The molecule has 0 aliphatic heterocycles. The lowest BCUT2D eigenvalue weighted by molar-refractivity contribution is -0.402. The van der Waals surface area contributed by atoms with Crippen LogP contribution in [0.3, 0.4) is 0 Å². The van der Waals surface area contributed by atoms with Crippen LogP contribution in [0.15, 0.2) is 21.1 Å². The zero-order valence-corrected chi connectivity index (χ0v) is 11.0. The van der Waals surface area contributed by atoms with Crippen LogP contribution in [0.25, 0.3) is 0 Å². The Morgan fingerprint density at radius 1 is 1.52 bits per heavy atom. The maximum absolute atomic E-state index is 11.8. The number of furan rings is 1. The van der Waals surface area contributed by atoms with E-state index in [9.17, 15) is 14.9 Å². The van der Waals surface area contributed by atoms with Crippen molar-refractivity contribution in [2.75, 3.05) is 0 Å². The van der Waals surface area contributed by atoms with Gasteiger partial charge in [-0.25, -0.2) is 4.79 Å². The first-order valence-corrected chi connectivity index (χ1v) is 6.33. The van der Waals surface area contributed by atoms with E-state index in [-0.39, 0.29) is 11.7 Å². The van der Waals surface area contributed by atoms with E-state index in [0.29, 0.717) is 11.7 Å². The molecule has 110 valence electrons. The van der Waals surface area contributed by atoms with Crippen molar-refractivity contribution in [2.45, 2.75) is 31.8 Å². The largest absolute Gasteiger partial charge is 0.447 e. The molecule has 0 saturated heterocycles. The molecule has 2 aromatic heterocycles. The van der Waals surface area contributed by atoms with E-state index < -0.39 is 22.9 Å². The lowest BCUT2D eigenvalue weighted by Crippen LogP contribution is -2.08. The standard InChI is InChI=1S/C12H11N3O6/c1-6(11-13-10(14-21-11)7-2-3-7)19-12(16)8-4-5-9(20-8)15(17)18/h4-7H,2-3H2,1H3/t6-/m1/s1. The SMILES string of the molecule is C[C@@H](OC(=O)c1ccc([N+](=O)[O-])o1)c1nc(C2CC2)no1. The maximum atomic E-state index is 11.8. The summed E-state index contributed by atoms with van der Waals surface area (Å²) >= 11 is 0. The molecule has 1 aliphatic carbocycles. The van der Waals surface area contributed by atoms with Gasteiger partial charge in [-0.05, 0) is 25.8 Å². The lowest BCUT2D eigenvalue weighted by Gasteiger charge is -2.06. The molecule has 1 aliphatic rings. The number of carbonyl (C=O) groups is 1. The summed E-state index contributed by atoms with van der Waals surface area (Å²) in [5.41, 5.74) is 0. The summed E-state index contributed by atoms with van der Waals surface area (Å²) in [6.45, 7) is 1.57. The average molecular weight is 293 g/mol. The van der Waals surface area contributed by atoms with Gasteiger partial charge in [-0.1, -0.05) is 5.16 Å². The summed E-state index contributed by atoms with van der Waals surface area (Å²) in [5, 5.41) is 14.3. The molecule has 9 heteroatoms. The first-order valence-electron chi connectivity index (χ1n) is 6.33. The van der Waals surface area contributed by atoms with Crippen LogP contribution in [0.5, 0.6) is 0 Å². The van der Waals surface area contributed by atoms with E-state index >= 15 is 0 Å². The van der Waals surface area contributed by atoms with Crippen molar-refractivity contribution in [3.8, 4) is 0 Å². The minimum Gasteiger partial charge on any atom is -0.447 e. The van der Waals surface area contributed by atoms with Crippen LogP contribution in [-0.2, 0) is 4.74 Å². The van der Waals surface area contributed by atoms with Gasteiger partial charge in [-0.15, -0.1) is 0 Å². The zero-order valence-electron chi connectivity index (χ0n) is 11.0. The quantitative estimate of drug-likeness (QED) is 0.467. The molecule has 3 rings (SSSR count). The molecule has 2 heterocycles. The van der Waals surface area contributed by atoms with E-state index in [2.05, 4.69) is 10.1 Å². The van der Waals surface area contributed by atoms with Crippen molar-refractivity contribution >= 4 is 11.9 Å². The van der Waals surface area contributed by atoms with E-state index in [0.717, 1.165) is 18.9 Å². The molecule has 0 bridgehead atoms. The van der Waals surface area contributed by atoms with Crippen molar-refractivity contribution in [3.63, 3.8) is 0 Å². The highest BCUT2D eigenvalue weighted by atomic mass is 16.7. The number of hydrogen-bond acceptors (Lipinski definition) is 8. The molecule has 0 spiro atoms. The number of ether oxygens (including phenoxy) is 1. The Balaban J connectivity index is 1.66. The van der Waals surface area contributed by atoms with Crippen molar-refractivity contribution in [1.82, 2.24) is 10.1 Å². The molecule has 0 unspecified atom stereocenters. The molecular formula is C12H11N3O6. The highest BCUT2D eigenvalue weighted by molar-refractivity contribution is 5.86. The van der Waals surface area contributed by atoms with Crippen LogP contribution in [0.4, 0.5) is 5.88 Å². The molecule has 1 atom stereocenters. The Kier molecular flexibility index (Phi) is 3.16. The number of aromatic nitrogens is 2. The van der Waals surface area contributed by atoms with E-state index in [1.807, 2.05) is 0 Å². The molecule has 0 N–H and O–H groups in total. The first kappa shape index (κ1) is 13.3. The summed E-state index contributed by atoms with van der Waals surface area (Å²) in [7, 11) is 0. The summed E-state index contributed by atoms with van der Waals surface area (Å²) in [4.78, 5) is 25.7. The third kappa shape index (κ3) is 2.76. The molecule has 0 radical (unpaired) electrons. The highest BCUT2D eigenvalue weighted by Crippen LogP contribution is 2.38. The van der Waals surface area contributed by atoms with Gasteiger partial charge >= 0.3 is 11.9 Å². The predicted octanol–water partition coefficient (Wildman–Crippen LogP) is 2.37. The summed E-state index contributed by atoms with van der Waals surface area (Å²) < 4.78 is 14.9. The van der Waals surface area contributed by atoms with Crippen molar-refractivity contribution in [1.29, 1.82) is 0 Å². The van der Waals surface area contributed by atoms with Crippen LogP contribution in [0.2, 0.25) is 0 Å². The van der Waals surface area contributed by atoms with E-state index in [1.165, 1.54) is 6.07 Å². The van der Waals surface area contributed by atoms with Gasteiger partial charge in [0.05, 0.1) is 6.07 Å². The predicted molar refractivity (Wildman–Crippen MR) is 65.5 cm³/mol. The van der Waals surface area contributed by atoms with Gasteiger partial charge in [0.15, 0.2) is 11.9 Å². The van der Waals surface area contributed by atoms with Crippen molar-refractivity contribution in [3.05, 3.63) is 39.7 Å². The van der Waals surface area contributed by atoms with Gasteiger partial charge in [0.2, 0.25) is 5.76 Å². The zero-order chi connectivity index (χ0) is 15.0. The minimum atomic E-state index is -0.832. The van der Waals surface area contributed by atoms with Crippen molar-refractivity contribution in [2.24, 2.45) is 0 Å². The Morgan fingerprint density at radius 2 is 2.29 bits per heavy atom. The minimum absolute atomic E-state index is 0.186. The van der Waals surface area contributed by atoms with Crippen LogP contribution in [-0.4, -0.2) is 21.0 Å². The molecule has 9 nitrogen and oxygen atoms in total. The number of nitro groups is 1. The molecule has 0 aromatic carbocycles. The Morgan fingerprint density at radius 3 is 2.90 bits per heavy atom. The topological polar surface area (TPSA) is 122 Å². The molecule has 1 saturated carbocycles. The van der Waals surface area contributed by atoms with Gasteiger partial charge in [0.1, 0.15) is 4.92 Å². The third-order valence-electron chi connectivity index (χ3n) is 3.00. The van der Waals surface area contributed by atoms with Crippen LogP contribution >= 0.6 is 0 Å². The highest BCUT2D eigenvalue weighted by Gasteiger charge is 2.30. The second kappa shape index (κ2) is 5.00. The molecular weight excluding hydrogens is 282 g/mol. The first-order chi connectivity index (χ1) is 10.0. The fourth-order valence-corrected chi connectivity index (χ4v) is 1.72. The average Bonchev–Trinajstić information content (AvgIpc) is 3.00. The Bertz CT molecular complexity index is 687. The van der Waals surface area contributed by atoms with Crippen LogP contribution in [0.1, 0.15) is 54.1 Å². The summed E-state index contributed by atoms with van der Waals surface area (Å²) in [5.74, 6) is -0.480. The molecule has 0 amide bonds. The molecule has 2 aromatic rings. The second-order valence-electron chi connectivity index (χ2n) is 4.71. The molecule has 1 fully saturated rings. The van der Waals surface area contributed by atoms with E-state index in [4.69, 9.17) is 13.7 Å². The van der Waals surface area contributed by atoms with Crippen LogP contribution in [0, 0.1) is 10.1 Å².